The summed E-state index contributed by atoms with van der Waals surface area (Å²) < 4.78 is 23.1. The van der Waals surface area contributed by atoms with Gasteiger partial charge in [0.05, 0.1) is 18.1 Å². The summed E-state index contributed by atoms with van der Waals surface area (Å²) in [5.41, 5.74) is 1.90. The summed E-state index contributed by atoms with van der Waals surface area (Å²) in [6.07, 6.45) is 14.8. The van der Waals surface area contributed by atoms with Crippen LogP contribution in [0.25, 0.3) is 0 Å². The topological polar surface area (TPSA) is 69.3 Å². The molecule has 1 amide bonds. The minimum Gasteiger partial charge on any atom is -0.491 e. The largest absolute Gasteiger partial charge is 0.491 e. The number of piperidine rings is 1. The Hall–Kier alpha value is -2.19. The zero-order valence-corrected chi connectivity index (χ0v) is 23.0. The van der Waals surface area contributed by atoms with Gasteiger partial charge in [-0.2, -0.15) is 0 Å². The van der Waals surface area contributed by atoms with Crippen molar-refractivity contribution in [2.24, 2.45) is 17.8 Å². The molecule has 1 spiro atoms. The SMILES string of the molecule is COCCCc1cc(CN(C(=O)C2CNCC[C@@]23OCCC2C=CC=CC23)C2CC2)cc(OCCOC)c1. The van der Waals surface area contributed by atoms with Crippen LogP contribution >= 0.6 is 0 Å². The lowest BCUT2D eigenvalue weighted by atomic mass is 9.64. The molecule has 2 saturated heterocycles. The van der Waals surface area contributed by atoms with Crippen molar-refractivity contribution in [3.63, 3.8) is 0 Å². The van der Waals surface area contributed by atoms with Crippen molar-refractivity contribution in [3.05, 3.63) is 53.6 Å². The number of carbonyl (C=O) groups excluding carboxylic acids is 1. The molecule has 4 aliphatic rings. The number of fused-ring (bicyclic) bond motifs is 2. The van der Waals surface area contributed by atoms with E-state index in [2.05, 4.69) is 52.7 Å². The number of ether oxygens (including phenoxy) is 4. The van der Waals surface area contributed by atoms with Crippen LogP contribution in [0.15, 0.2) is 42.5 Å². The standard InChI is InChI=1S/C31H44N2O5/c1-35-14-5-6-23-18-24(20-27(19-23)37-17-16-36-2)22-33(26-9-10-26)30(34)29-21-32-13-12-31(29)28-8-4-3-7-25(28)11-15-38-31/h3-4,7-8,18-20,25-26,28-29,32H,5-6,9-17,21-22H2,1-2H3/t25?,28?,29?,31-/m0/s1. The van der Waals surface area contributed by atoms with E-state index < -0.39 is 5.60 Å². The summed E-state index contributed by atoms with van der Waals surface area (Å²) >= 11 is 0. The van der Waals surface area contributed by atoms with E-state index >= 15 is 0 Å². The lowest BCUT2D eigenvalue weighted by Crippen LogP contribution is -2.63. The number of benzene rings is 1. The molecule has 2 heterocycles. The minimum absolute atomic E-state index is 0.192. The lowest BCUT2D eigenvalue weighted by Gasteiger charge is -2.53. The summed E-state index contributed by atoms with van der Waals surface area (Å²) in [7, 11) is 3.42. The highest BCUT2D eigenvalue weighted by molar-refractivity contribution is 5.81. The van der Waals surface area contributed by atoms with E-state index in [4.69, 9.17) is 18.9 Å². The number of amides is 1. The fraction of sp³-hybridized carbons (Fsp3) is 0.645. The molecule has 2 aliphatic heterocycles. The number of nitrogens with one attached hydrogen (secondary N) is 1. The molecule has 2 aliphatic carbocycles. The third-order valence-electron chi connectivity index (χ3n) is 8.58. The van der Waals surface area contributed by atoms with Crippen molar-refractivity contribution in [3.8, 4) is 5.75 Å². The Kier molecular flexibility index (Phi) is 9.20. The van der Waals surface area contributed by atoms with Crippen LogP contribution in [-0.4, -0.2) is 76.2 Å². The van der Waals surface area contributed by atoms with Gasteiger partial charge in [0, 0.05) is 52.5 Å². The monoisotopic (exact) mass is 524 g/mol. The smallest absolute Gasteiger partial charge is 0.230 e. The molecule has 5 rings (SSSR count). The lowest BCUT2D eigenvalue weighted by molar-refractivity contribution is -0.183. The Morgan fingerprint density at radius 2 is 1.87 bits per heavy atom. The number of allylic oxidation sites excluding steroid dienone is 3. The second-order valence-corrected chi connectivity index (χ2v) is 11.2. The quantitative estimate of drug-likeness (QED) is 0.418. The van der Waals surface area contributed by atoms with E-state index in [1.54, 1.807) is 14.2 Å². The van der Waals surface area contributed by atoms with Crippen molar-refractivity contribution in [1.29, 1.82) is 0 Å². The maximum Gasteiger partial charge on any atom is 0.230 e. The first kappa shape index (κ1) is 27.4. The highest BCUT2D eigenvalue weighted by Gasteiger charge is 2.55. The molecule has 0 bridgehead atoms. The van der Waals surface area contributed by atoms with Crippen molar-refractivity contribution in [1.82, 2.24) is 10.2 Å². The van der Waals surface area contributed by atoms with Crippen molar-refractivity contribution in [2.75, 3.05) is 53.7 Å². The van der Waals surface area contributed by atoms with E-state index in [1.807, 2.05) is 0 Å². The predicted molar refractivity (Wildman–Crippen MR) is 147 cm³/mol. The van der Waals surface area contributed by atoms with E-state index in [9.17, 15) is 4.79 Å². The van der Waals surface area contributed by atoms with Gasteiger partial charge >= 0.3 is 0 Å². The van der Waals surface area contributed by atoms with E-state index in [0.29, 0.717) is 38.3 Å². The van der Waals surface area contributed by atoms with Gasteiger partial charge in [0.25, 0.3) is 0 Å². The van der Waals surface area contributed by atoms with Gasteiger partial charge in [-0.3, -0.25) is 4.79 Å². The third kappa shape index (κ3) is 6.17. The minimum atomic E-state index is -0.434. The van der Waals surface area contributed by atoms with Gasteiger partial charge in [-0.1, -0.05) is 30.4 Å². The van der Waals surface area contributed by atoms with Crippen LogP contribution in [0, 0.1) is 17.8 Å². The van der Waals surface area contributed by atoms with Crippen molar-refractivity contribution in [2.45, 2.75) is 56.7 Å². The average Bonchev–Trinajstić information content (AvgIpc) is 3.78. The van der Waals surface area contributed by atoms with E-state index in [-0.39, 0.29) is 17.7 Å². The Morgan fingerprint density at radius 1 is 1.05 bits per heavy atom. The van der Waals surface area contributed by atoms with Gasteiger partial charge in [0.2, 0.25) is 5.91 Å². The van der Waals surface area contributed by atoms with Gasteiger partial charge in [-0.05, 0) is 74.2 Å². The van der Waals surface area contributed by atoms with Crippen LogP contribution in [0.4, 0.5) is 0 Å². The number of rotatable bonds is 12. The fourth-order valence-electron chi connectivity index (χ4n) is 6.56. The van der Waals surface area contributed by atoms with Crippen LogP contribution in [-0.2, 0) is 32.0 Å². The van der Waals surface area contributed by atoms with Gasteiger partial charge in [0.1, 0.15) is 12.4 Å². The Balaban J connectivity index is 1.38. The highest BCUT2D eigenvalue weighted by atomic mass is 16.5. The number of hydrogen-bond acceptors (Lipinski definition) is 6. The number of nitrogens with zero attached hydrogens (tertiary/aromatic N) is 1. The molecule has 1 N–H and O–H groups in total. The van der Waals surface area contributed by atoms with Gasteiger partial charge in [-0.25, -0.2) is 0 Å². The molecule has 3 fully saturated rings. The maximum atomic E-state index is 14.4. The van der Waals surface area contributed by atoms with Gasteiger partial charge in [-0.15, -0.1) is 0 Å². The van der Waals surface area contributed by atoms with Crippen molar-refractivity contribution < 1.29 is 23.7 Å². The van der Waals surface area contributed by atoms with Crippen LogP contribution in [0.2, 0.25) is 0 Å². The average molecular weight is 525 g/mol. The first-order valence-electron chi connectivity index (χ1n) is 14.4. The molecular weight excluding hydrogens is 480 g/mol. The molecule has 7 nitrogen and oxygen atoms in total. The van der Waals surface area contributed by atoms with Crippen LogP contribution in [0.5, 0.6) is 5.75 Å². The van der Waals surface area contributed by atoms with Crippen LogP contribution in [0.3, 0.4) is 0 Å². The first-order chi connectivity index (χ1) is 18.6. The molecule has 3 unspecified atom stereocenters. The molecule has 38 heavy (non-hydrogen) atoms. The summed E-state index contributed by atoms with van der Waals surface area (Å²) in [5, 5.41) is 3.52. The highest BCUT2D eigenvalue weighted by Crippen LogP contribution is 2.47. The Morgan fingerprint density at radius 3 is 2.68 bits per heavy atom. The maximum absolute atomic E-state index is 14.4. The Labute approximate surface area is 227 Å². The number of methoxy groups -OCH3 is 2. The number of aryl methyl sites for hydroxylation is 1. The first-order valence-corrected chi connectivity index (χ1v) is 14.4. The molecular formula is C31H44N2O5. The zero-order chi connectivity index (χ0) is 26.4. The predicted octanol–water partition coefficient (Wildman–Crippen LogP) is 3.91. The molecule has 1 saturated carbocycles. The summed E-state index contributed by atoms with van der Waals surface area (Å²) in [4.78, 5) is 16.6. The summed E-state index contributed by atoms with van der Waals surface area (Å²) in [6, 6.07) is 6.74. The van der Waals surface area contributed by atoms with Crippen LogP contribution in [0.1, 0.15) is 43.2 Å². The molecule has 208 valence electrons. The molecule has 1 aromatic carbocycles. The second kappa shape index (κ2) is 12.8. The van der Waals surface area contributed by atoms with E-state index in [0.717, 1.165) is 69.6 Å². The number of carbonyl (C=O) groups is 1. The summed E-state index contributed by atoms with van der Waals surface area (Å²) in [6.45, 7) is 4.64. The van der Waals surface area contributed by atoms with E-state index in [1.165, 1.54) is 5.56 Å². The molecule has 0 aromatic heterocycles. The van der Waals surface area contributed by atoms with Crippen LogP contribution < -0.4 is 10.1 Å². The molecule has 7 heteroatoms. The Bertz CT molecular complexity index is 974. The fourth-order valence-corrected chi connectivity index (χ4v) is 6.56. The molecule has 1 aromatic rings. The van der Waals surface area contributed by atoms with Gasteiger partial charge in [0.15, 0.2) is 0 Å². The third-order valence-corrected chi connectivity index (χ3v) is 8.58. The zero-order valence-electron chi connectivity index (χ0n) is 23.0. The second-order valence-electron chi connectivity index (χ2n) is 11.2. The molecule has 0 radical (unpaired) electrons. The van der Waals surface area contributed by atoms with Gasteiger partial charge < -0.3 is 29.2 Å². The number of hydrogen-bond donors (Lipinski definition) is 1. The molecule has 4 atom stereocenters. The summed E-state index contributed by atoms with van der Waals surface area (Å²) in [5.74, 6) is 1.58. The van der Waals surface area contributed by atoms with Crippen molar-refractivity contribution >= 4 is 5.91 Å². The normalized spacial score (nSPS) is 28.3.